The molecule has 0 radical (unpaired) electrons. The summed E-state index contributed by atoms with van der Waals surface area (Å²) in [6.07, 6.45) is 0.0410. The van der Waals surface area contributed by atoms with Gasteiger partial charge in [-0.25, -0.2) is 9.38 Å². The average molecular weight is 408 g/mol. The highest BCUT2D eigenvalue weighted by Gasteiger charge is 2.24. The van der Waals surface area contributed by atoms with Crippen LogP contribution in [0.2, 0.25) is 0 Å². The van der Waals surface area contributed by atoms with E-state index in [0.29, 0.717) is 22.5 Å². The Hall–Kier alpha value is -4.12. The van der Waals surface area contributed by atoms with E-state index in [1.54, 1.807) is 36.4 Å². The molecule has 4 nitrogen and oxygen atoms in total. The van der Waals surface area contributed by atoms with Crippen molar-refractivity contribution in [1.29, 1.82) is 0 Å². The van der Waals surface area contributed by atoms with Crippen molar-refractivity contribution in [1.82, 2.24) is 0 Å². The van der Waals surface area contributed by atoms with Gasteiger partial charge in [-0.3, -0.25) is 9.59 Å². The number of halogens is 1. The molecule has 0 aromatic heterocycles. The highest BCUT2D eigenvalue weighted by Crippen LogP contribution is 2.32. The van der Waals surface area contributed by atoms with Gasteiger partial charge >= 0.3 is 0 Å². The third-order valence-corrected chi connectivity index (χ3v) is 5.36. The molecule has 1 heterocycles. The number of Topliss-reactive ketones (excluding diaryl/α,β-unsaturated/α-hetero) is 1. The number of carbonyl (C=O) groups excluding carboxylic acids is 2. The van der Waals surface area contributed by atoms with Crippen LogP contribution >= 0.6 is 0 Å². The molecule has 5 rings (SSSR count). The Labute approximate surface area is 178 Å². The number of carbonyl (C=O) groups is 2. The summed E-state index contributed by atoms with van der Waals surface area (Å²) in [7, 11) is 0. The molecular formula is C26H17FN2O2. The number of aliphatic imine (C=N–C) groups is 1. The second-order valence-electron chi connectivity index (χ2n) is 7.36. The highest BCUT2D eigenvalue weighted by molar-refractivity contribution is 6.23. The number of fused-ring (bicyclic) bond motifs is 2. The number of anilines is 1. The largest absolute Gasteiger partial charge is 0.321 e. The zero-order chi connectivity index (χ0) is 21.4. The number of hydrogen-bond donors (Lipinski definition) is 1. The topological polar surface area (TPSA) is 58.5 Å². The Bertz CT molecular complexity index is 1390. The second-order valence-corrected chi connectivity index (χ2v) is 7.36. The van der Waals surface area contributed by atoms with E-state index in [4.69, 9.17) is 0 Å². The predicted octanol–water partition coefficient (Wildman–Crippen LogP) is 5.94. The average Bonchev–Trinajstić information content (AvgIpc) is 2.79. The number of nitrogens with one attached hydrogen (secondary N) is 1. The normalized spacial score (nSPS) is 12.9. The number of benzene rings is 4. The molecule has 0 saturated carbocycles. The molecule has 5 heteroatoms. The van der Waals surface area contributed by atoms with Gasteiger partial charge in [-0.2, -0.15) is 0 Å². The SMILES string of the molecule is O=C(Nc1ccccc1C1=Nc2c(F)cccc2C(=O)C1)c1ccc2ccccc2c1. The molecule has 0 saturated heterocycles. The first kappa shape index (κ1) is 18.9. The molecule has 1 amide bonds. The third kappa shape index (κ3) is 3.51. The summed E-state index contributed by atoms with van der Waals surface area (Å²) in [5, 5.41) is 4.94. The van der Waals surface area contributed by atoms with Gasteiger partial charge in [0.1, 0.15) is 11.5 Å². The van der Waals surface area contributed by atoms with E-state index in [2.05, 4.69) is 10.3 Å². The lowest BCUT2D eigenvalue weighted by atomic mass is 9.95. The first-order valence-corrected chi connectivity index (χ1v) is 9.89. The van der Waals surface area contributed by atoms with Crippen molar-refractivity contribution in [3.8, 4) is 0 Å². The number of ketones is 1. The van der Waals surface area contributed by atoms with Crippen LogP contribution in [0.4, 0.5) is 15.8 Å². The minimum Gasteiger partial charge on any atom is -0.321 e. The van der Waals surface area contributed by atoms with Gasteiger partial charge in [-0.15, -0.1) is 0 Å². The van der Waals surface area contributed by atoms with E-state index < -0.39 is 5.82 Å². The molecule has 0 bridgehead atoms. The number of amides is 1. The Morgan fingerprint density at radius 3 is 2.45 bits per heavy atom. The van der Waals surface area contributed by atoms with Gasteiger partial charge in [0.25, 0.3) is 5.91 Å². The van der Waals surface area contributed by atoms with Gasteiger partial charge in [0.2, 0.25) is 0 Å². The lowest BCUT2D eigenvalue weighted by molar-refractivity contribution is 0.0997. The Balaban J connectivity index is 1.50. The second kappa shape index (κ2) is 7.61. The molecule has 4 aromatic rings. The molecular weight excluding hydrogens is 391 g/mol. The van der Waals surface area contributed by atoms with Crippen molar-refractivity contribution >= 4 is 39.5 Å². The van der Waals surface area contributed by atoms with Crippen molar-refractivity contribution in [2.24, 2.45) is 4.99 Å². The van der Waals surface area contributed by atoms with Crippen LogP contribution in [0.3, 0.4) is 0 Å². The summed E-state index contributed by atoms with van der Waals surface area (Å²) in [5.41, 5.74) is 2.39. The van der Waals surface area contributed by atoms with Crippen LogP contribution in [0.25, 0.3) is 10.8 Å². The number of rotatable bonds is 3. The molecule has 1 aliphatic heterocycles. The smallest absolute Gasteiger partial charge is 0.255 e. The summed E-state index contributed by atoms with van der Waals surface area (Å²) in [4.78, 5) is 29.9. The molecule has 31 heavy (non-hydrogen) atoms. The van der Waals surface area contributed by atoms with Crippen LogP contribution in [-0.4, -0.2) is 17.4 Å². The van der Waals surface area contributed by atoms with E-state index in [-0.39, 0.29) is 29.4 Å². The Morgan fingerprint density at radius 2 is 1.58 bits per heavy atom. The summed E-state index contributed by atoms with van der Waals surface area (Å²) >= 11 is 0. The van der Waals surface area contributed by atoms with Crippen molar-refractivity contribution in [3.05, 3.63) is 107 Å². The summed E-state index contributed by atoms with van der Waals surface area (Å²) in [6.45, 7) is 0. The van der Waals surface area contributed by atoms with Crippen LogP contribution in [0.5, 0.6) is 0 Å². The number of hydrogen-bond acceptors (Lipinski definition) is 3. The van der Waals surface area contributed by atoms with Crippen LogP contribution in [0.1, 0.15) is 32.7 Å². The minimum atomic E-state index is -0.541. The van der Waals surface area contributed by atoms with Crippen LogP contribution in [-0.2, 0) is 0 Å². The maximum absolute atomic E-state index is 14.3. The molecule has 0 spiro atoms. The van der Waals surface area contributed by atoms with Gasteiger partial charge < -0.3 is 5.32 Å². The van der Waals surface area contributed by atoms with E-state index in [9.17, 15) is 14.0 Å². The Kier molecular flexibility index (Phi) is 4.64. The fourth-order valence-corrected chi connectivity index (χ4v) is 3.80. The molecule has 1 aliphatic rings. The summed E-state index contributed by atoms with van der Waals surface area (Å²) in [5.74, 6) is -1.01. The first-order valence-electron chi connectivity index (χ1n) is 9.89. The van der Waals surface area contributed by atoms with Gasteiger partial charge in [-0.05, 0) is 41.1 Å². The maximum atomic E-state index is 14.3. The fraction of sp³-hybridized carbons (Fsp3) is 0.0385. The first-order chi connectivity index (χ1) is 15.1. The quantitative estimate of drug-likeness (QED) is 0.456. The van der Waals surface area contributed by atoms with E-state index in [1.165, 1.54) is 12.1 Å². The highest BCUT2D eigenvalue weighted by atomic mass is 19.1. The molecule has 0 unspecified atom stereocenters. The minimum absolute atomic E-state index is 0.0410. The van der Waals surface area contributed by atoms with Crippen molar-refractivity contribution in [2.75, 3.05) is 5.32 Å². The molecule has 0 aliphatic carbocycles. The van der Waals surface area contributed by atoms with Gasteiger partial charge in [0.05, 0.1) is 17.8 Å². The van der Waals surface area contributed by atoms with E-state index in [1.807, 2.05) is 36.4 Å². The fourth-order valence-electron chi connectivity index (χ4n) is 3.80. The van der Waals surface area contributed by atoms with Crippen LogP contribution in [0.15, 0.2) is 89.9 Å². The van der Waals surface area contributed by atoms with Crippen LogP contribution < -0.4 is 5.32 Å². The van der Waals surface area contributed by atoms with E-state index in [0.717, 1.165) is 10.8 Å². The van der Waals surface area contributed by atoms with Gasteiger partial charge in [0, 0.05) is 16.7 Å². The molecule has 0 atom stereocenters. The van der Waals surface area contributed by atoms with Gasteiger partial charge in [0.15, 0.2) is 5.78 Å². The van der Waals surface area contributed by atoms with Crippen LogP contribution in [0, 0.1) is 5.82 Å². The van der Waals surface area contributed by atoms with Crippen molar-refractivity contribution in [2.45, 2.75) is 6.42 Å². The summed E-state index contributed by atoms with van der Waals surface area (Å²) in [6, 6.07) is 24.8. The van der Waals surface area contributed by atoms with Crippen molar-refractivity contribution in [3.63, 3.8) is 0 Å². The monoisotopic (exact) mass is 408 g/mol. The predicted molar refractivity (Wildman–Crippen MR) is 120 cm³/mol. The standard InChI is InChI=1S/C26H17FN2O2/c27-21-10-5-9-20-24(30)15-23(28-25(20)21)19-8-3-4-11-22(19)29-26(31)18-13-12-16-6-1-2-7-17(16)14-18/h1-14H,15H2,(H,29,31). The van der Waals surface area contributed by atoms with Crippen molar-refractivity contribution < 1.29 is 14.0 Å². The van der Waals surface area contributed by atoms with Gasteiger partial charge in [-0.1, -0.05) is 54.6 Å². The zero-order valence-electron chi connectivity index (χ0n) is 16.4. The third-order valence-electron chi connectivity index (χ3n) is 5.36. The number of para-hydroxylation sites is 2. The lowest BCUT2D eigenvalue weighted by Gasteiger charge is -2.18. The Morgan fingerprint density at radius 1 is 0.839 bits per heavy atom. The number of nitrogens with zero attached hydrogens (tertiary/aromatic N) is 1. The zero-order valence-corrected chi connectivity index (χ0v) is 16.4. The summed E-state index contributed by atoms with van der Waals surface area (Å²) < 4.78 is 14.3. The van der Waals surface area contributed by atoms with E-state index >= 15 is 0 Å². The molecule has 1 N–H and O–H groups in total. The molecule has 4 aromatic carbocycles. The lowest BCUT2D eigenvalue weighted by Crippen LogP contribution is -2.19. The maximum Gasteiger partial charge on any atom is 0.255 e. The molecule has 150 valence electrons. The molecule has 0 fully saturated rings.